The van der Waals surface area contributed by atoms with Crippen LogP contribution in [0.5, 0.6) is 0 Å². The fourth-order valence-electron chi connectivity index (χ4n) is 2.76. The molecular formula is C21H33NO. The topological polar surface area (TPSA) is 20.3 Å². The van der Waals surface area contributed by atoms with Crippen LogP contribution in [-0.2, 0) is 11.3 Å². The fourth-order valence-corrected chi connectivity index (χ4v) is 2.76. The van der Waals surface area contributed by atoms with E-state index < -0.39 is 0 Å². The second kappa shape index (κ2) is 11.9. The first kappa shape index (κ1) is 19.5. The van der Waals surface area contributed by atoms with Crippen LogP contribution in [0.1, 0.15) is 70.8 Å². The van der Waals surface area contributed by atoms with Gasteiger partial charge in [0.1, 0.15) is 0 Å². The first-order chi connectivity index (χ1) is 11.1. The van der Waals surface area contributed by atoms with Crippen LogP contribution >= 0.6 is 0 Å². The summed E-state index contributed by atoms with van der Waals surface area (Å²) < 4.78 is 0. The highest BCUT2D eigenvalue weighted by atomic mass is 16.2. The molecule has 128 valence electrons. The van der Waals surface area contributed by atoms with Crippen LogP contribution in [0, 0.1) is 0 Å². The van der Waals surface area contributed by atoms with Crippen LogP contribution in [0.15, 0.2) is 42.5 Å². The summed E-state index contributed by atoms with van der Waals surface area (Å²) in [4.78, 5) is 14.3. The van der Waals surface area contributed by atoms with E-state index in [1.165, 1.54) is 50.5 Å². The molecule has 2 nitrogen and oxygen atoms in total. The van der Waals surface area contributed by atoms with Gasteiger partial charge in [0.05, 0.1) is 0 Å². The molecule has 2 heteroatoms. The van der Waals surface area contributed by atoms with E-state index in [4.69, 9.17) is 0 Å². The predicted octanol–water partition coefficient (Wildman–Crippen LogP) is 5.73. The summed E-state index contributed by atoms with van der Waals surface area (Å²) in [5.41, 5.74) is 1.81. The molecular weight excluding hydrogens is 282 g/mol. The van der Waals surface area contributed by atoms with E-state index in [1.807, 2.05) is 23.1 Å². The van der Waals surface area contributed by atoms with Crippen molar-refractivity contribution in [2.24, 2.45) is 0 Å². The zero-order chi connectivity index (χ0) is 16.9. The molecule has 0 aliphatic rings. The third kappa shape index (κ3) is 8.59. The number of unbranched alkanes of at least 4 members (excludes halogenated alkanes) is 7. The van der Waals surface area contributed by atoms with Crippen molar-refractivity contribution in [1.29, 1.82) is 0 Å². The minimum Gasteiger partial charge on any atom is -0.335 e. The average Bonchev–Trinajstić information content (AvgIpc) is 2.56. The maximum absolute atomic E-state index is 12.3. The molecule has 0 aromatic heterocycles. The van der Waals surface area contributed by atoms with Crippen LogP contribution in [0.4, 0.5) is 0 Å². The average molecular weight is 316 g/mol. The van der Waals surface area contributed by atoms with Gasteiger partial charge < -0.3 is 4.90 Å². The third-order valence-electron chi connectivity index (χ3n) is 4.15. The van der Waals surface area contributed by atoms with Gasteiger partial charge in [-0.05, 0) is 18.9 Å². The van der Waals surface area contributed by atoms with E-state index in [2.05, 4.69) is 25.6 Å². The summed E-state index contributed by atoms with van der Waals surface area (Å²) in [5.74, 6) is 0.0804. The van der Waals surface area contributed by atoms with Crippen molar-refractivity contribution >= 4 is 5.91 Å². The van der Waals surface area contributed by atoms with Gasteiger partial charge in [-0.3, -0.25) is 4.79 Å². The quantitative estimate of drug-likeness (QED) is 0.356. The van der Waals surface area contributed by atoms with Crippen molar-refractivity contribution in [3.63, 3.8) is 0 Å². The van der Waals surface area contributed by atoms with Crippen LogP contribution in [0.25, 0.3) is 0 Å². The normalized spacial score (nSPS) is 10.5. The third-order valence-corrected chi connectivity index (χ3v) is 4.15. The van der Waals surface area contributed by atoms with E-state index in [1.54, 1.807) is 6.92 Å². The highest BCUT2D eigenvalue weighted by molar-refractivity contribution is 5.92. The number of carbonyl (C=O) groups is 1. The van der Waals surface area contributed by atoms with Crippen molar-refractivity contribution < 1.29 is 4.79 Å². The number of amides is 1. The number of carbonyl (C=O) groups excluding carboxylic acids is 1. The van der Waals surface area contributed by atoms with E-state index in [0.29, 0.717) is 12.1 Å². The number of benzene rings is 1. The van der Waals surface area contributed by atoms with E-state index >= 15 is 0 Å². The van der Waals surface area contributed by atoms with Gasteiger partial charge in [-0.2, -0.15) is 0 Å². The summed E-state index contributed by atoms with van der Waals surface area (Å²) >= 11 is 0. The lowest BCUT2D eigenvalue weighted by atomic mass is 10.1. The lowest BCUT2D eigenvalue weighted by Gasteiger charge is -2.23. The molecule has 1 aromatic carbocycles. The SMILES string of the molecule is C=C(C)C(=O)N(CCCCCCCCCC)Cc1ccccc1. The molecule has 0 saturated heterocycles. The maximum Gasteiger partial charge on any atom is 0.249 e. The maximum atomic E-state index is 12.3. The smallest absolute Gasteiger partial charge is 0.249 e. The highest BCUT2D eigenvalue weighted by Crippen LogP contribution is 2.12. The Morgan fingerprint density at radius 1 is 0.957 bits per heavy atom. The summed E-state index contributed by atoms with van der Waals surface area (Å²) in [5, 5.41) is 0. The Morgan fingerprint density at radius 3 is 2.09 bits per heavy atom. The standard InChI is InChI=1S/C21H33NO/c1-4-5-6-7-8-9-10-14-17-22(21(23)19(2)3)18-20-15-12-11-13-16-20/h11-13,15-16H,2,4-10,14,17-18H2,1,3H3. The molecule has 1 aromatic rings. The molecule has 0 atom stereocenters. The lowest BCUT2D eigenvalue weighted by Crippen LogP contribution is -2.31. The summed E-state index contributed by atoms with van der Waals surface area (Å²) in [6.45, 7) is 9.37. The van der Waals surface area contributed by atoms with Gasteiger partial charge in [-0.25, -0.2) is 0 Å². The molecule has 0 saturated carbocycles. The Labute approximate surface area is 142 Å². The van der Waals surface area contributed by atoms with Gasteiger partial charge >= 0.3 is 0 Å². The summed E-state index contributed by atoms with van der Waals surface area (Å²) in [6.07, 6.45) is 10.3. The van der Waals surface area contributed by atoms with E-state index in [-0.39, 0.29) is 5.91 Å². The zero-order valence-corrected chi connectivity index (χ0v) is 15.0. The molecule has 0 heterocycles. The molecule has 0 spiro atoms. The molecule has 1 amide bonds. The molecule has 0 aliphatic heterocycles. The molecule has 1 rings (SSSR count). The second-order valence-corrected chi connectivity index (χ2v) is 6.47. The van der Waals surface area contributed by atoms with Crippen molar-refractivity contribution in [1.82, 2.24) is 4.90 Å². The second-order valence-electron chi connectivity index (χ2n) is 6.47. The Kier molecular flexibility index (Phi) is 10.1. The Hall–Kier alpha value is -1.57. The molecule has 0 bridgehead atoms. The van der Waals surface area contributed by atoms with Gasteiger partial charge in [-0.1, -0.05) is 88.8 Å². The zero-order valence-electron chi connectivity index (χ0n) is 15.0. The van der Waals surface area contributed by atoms with Crippen molar-refractivity contribution in [3.05, 3.63) is 48.0 Å². The minimum atomic E-state index is 0.0804. The first-order valence-electron chi connectivity index (χ1n) is 9.14. The predicted molar refractivity (Wildman–Crippen MR) is 99.3 cm³/mol. The molecule has 0 unspecified atom stereocenters. The van der Waals surface area contributed by atoms with Crippen LogP contribution in [0.3, 0.4) is 0 Å². The van der Waals surface area contributed by atoms with Gasteiger partial charge in [0, 0.05) is 18.7 Å². The van der Waals surface area contributed by atoms with Gasteiger partial charge in [0.15, 0.2) is 0 Å². The molecule has 0 aliphatic carbocycles. The van der Waals surface area contributed by atoms with Gasteiger partial charge in [0.25, 0.3) is 0 Å². The Bertz CT molecular complexity index is 452. The van der Waals surface area contributed by atoms with Crippen molar-refractivity contribution in [3.8, 4) is 0 Å². The van der Waals surface area contributed by atoms with E-state index in [9.17, 15) is 4.79 Å². The Morgan fingerprint density at radius 2 is 1.52 bits per heavy atom. The largest absolute Gasteiger partial charge is 0.335 e. The van der Waals surface area contributed by atoms with Crippen LogP contribution in [0.2, 0.25) is 0 Å². The monoisotopic (exact) mass is 315 g/mol. The number of nitrogens with zero attached hydrogens (tertiary/aromatic N) is 1. The molecule has 0 fully saturated rings. The first-order valence-corrected chi connectivity index (χ1v) is 9.14. The fraction of sp³-hybridized carbons (Fsp3) is 0.571. The number of hydrogen-bond acceptors (Lipinski definition) is 1. The van der Waals surface area contributed by atoms with Crippen LogP contribution in [-0.4, -0.2) is 17.4 Å². The minimum absolute atomic E-state index is 0.0804. The Balaban J connectivity index is 2.33. The highest BCUT2D eigenvalue weighted by Gasteiger charge is 2.14. The summed E-state index contributed by atoms with van der Waals surface area (Å²) in [7, 11) is 0. The summed E-state index contributed by atoms with van der Waals surface area (Å²) in [6, 6.07) is 10.2. The number of rotatable bonds is 12. The molecule has 0 radical (unpaired) electrons. The van der Waals surface area contributed by atoms with Crippen molar-refractivity contribution in [2.75, 3.05) is 6.54 Å². The van der Waals surface area contributed by atoms with Crippen molar-refractivity contribution in [2.45, 2.75) is 71.8 Å². The molecule has 23 heavy (non-hydrogen) atoms. The van der Waals surface area contributed by atoms with E-state index in [0.717, 1.165) is 13.0 Å². The molecule has 0 N–H and O–H groups in total. The van der Waals surface area contributed by atoms with Gasteiger partial charge in [-0.15, -0.1) is 0 Å². The lowest BCUT2D eigenvalue weighted by molar-refractivity contribution is -0.127. The van der Waals surface area contributed by atoms with Crippen LogP contribution < -0.4 is 0 Å². The van der Waals surface area contributed by atoms with Gasteiger partial charge in [0.2, 0.25) is 5.91 Å². The number of hydrogen-bond donors (Lipinski definition) is 0.